The summed E-state index contributed by atoms with van der Waals surface area (Å²) in [5, 5.41) is 7.72. The maximum Gasteiger partial charge on any atom is 0.119 e. The number of benzene rings is 1. The number of methoxy groups -OCH3 is 1. The second-order valence-electron chi connectivity index (χ2n) is 3.68. The summed E-state index contributed by atoms with van der Waals surface area (Å²) in [6, 6.07) is 6.24. The highest BCUT2D eigenvalue weighted by atomic mass is 32.2. The summed E-state index contributed by atoms with van der Waals surface area (Å²) >= 11 is 1.85. The summed E-state index contributed by atoms with van der Waals surface area (Å²) in [4.78, 5) is 1.35. The van der Waals surface area contributed by atoms with Crippen LogP contribution in [0.5, 0.6) is 5.75 Å². The number of ether oxygens (including phenoxy) is 1. The molecule has 1 aliphatic heterocycles. The van der Waals surface area contributed by atoms with Crippen molar-refractivity contribution in [1.82, 2.24) is 0 Å². The molecule has 3 heteroatoms. The molecule has 1 aromatic carbocycles. The van der Waals surface area contributed by atoms with Crippen molar-refractivity contribution in [3.63, 3.8) is 0 Å². The van der Waals surface area contributed by atoms with Gasteiger partial charge in [-0.1, -0.05) is 0 Å². The van der Waals surface area contributed by atoms with Crippen molar-refractivity contribution < 1.29 is 4.74 Å². The minimum absolute atomic E-state index is 0.871. The SMILES string of the molecule is COc1ccc2c(c1)CCC(=N)CCS2. The highest BCUT2D eigenvalue weighted by Gasteiger charge is 2.10. The topological polar surface area (TPSA) is 33.1 Å². The van der Waals surface area contributed by atoms with Crippen LogP contribution >= 0.6 is 11.8 Å². The first-order valence-corrected chi connectivity index (χ1v) is 6.14. The molecule has 15 heavy (non-hydrogen) atoms. The van der Waals surface area contributed by atoms with Crippen molar-refractivity contribution in [2.75, 3.05) is 12.9 Å². The molecule has 0 saturated carbocycles. The molecular weight excluding hydrogens is 206 g/mol. The quantitative estimate of drug-likeness (QED) is 0.790. The Balaban J connectivity index is 2.27. The van der Waals surface area contributed by atoms with Gasteiger partial charge in [0.1, 0.15) is 5.75 Å². The molecule has 0 radical (unpaired) electrons. The van der Waals surface area contributed by atoms with Crippen LogP contribution in [0.4, 0.5) is 0 Å². The summed E-state index contributed by atoms with van der Waals surface area (Å²) < 4.78 is 5.22. The van der Waals surface area contributed by atoms with Crippen molar-refractivity contribution in [2.24, 2.45) is 0 Å². The lowest BCUT2D eigenvalue weighted by molar-refractivity contribution is 0.414. The molecule has 0 bridgehead atoms. The Bertz CT molecular complexity index is 376. The molecule has 80 valence electrons. The Morgan fingerprint density at radius 1 is 1.27 bits per heavy atom. The first kappa shape index (κ1) is 10.6. The van der Waals surface area contributed by atoms with Crippen molar-refractivity contribution in [3.8, 4) is 5.75 Å². The molecule has 0 atom stereocenters. The molecule has 1 heterocycles. The predicted molar refractivity (Wildman–Crippen MR) is 64.4 cm³/mol. The van der Waals surface area contributed by atoms with Crippen molar-refractivity contribution in [3.05, 3.63) is 23.8 Å². The zero-order valence-electron chi connectivity index (χ0n) is 8.88. The Morgan fingerprint density at radius 3 is 2.93 bits per heavy atom. The molecule has 0 aromatic heterocycles. The van der Waals surface area contributed by atoms with Gasteiger partial charge in [-0.05, 0) is 43.0 Å². The van der Waals surface area contributed by atoms with E-state index < -0.39 is 0 Å². The van der Waals surface area contributed by atoms with E-state index in [2.05, 4.69) is 12.1 Å². The van der Waals surface area contributed by atoms with Crippen LogP contribution in [0.25, 0.3) is 0 Å². The highest BCUT2D eigenvalue weighted by Crippen LogP contribution is 2.30. The lowest BCUT2D eigenvalue weighted by Gasteiger charge is -2.14. The van der Waals surface area contributed by atoms with E-state index >= 15 is 0 Å². The zero-order valence-corrected chi connectivity index (χ0v) is 9.69. The Morgan fingerprint density at radius 2 is 2.13 bits per heavy atom. The van der Waals surface area contributed by atoms with Gasteiger partial charge in [0.15, 0.2) is 0 Å². The normalized spacial score (nSPS) is 16.5. The van der Waals surface area contributed by atoms with Gasteiger partial charge in [0.05, 0.1) is 7.11 Å². The smallest absolute Gasteiger partial charge is 0.119 e. The van der Waals surface area contributed by atoms with Crippen LogP contribution in [0, 0.1) is 5.41 Å². The largest absolute Gasteiger partial charge is 0.497 e. The number of nitrogens with one attached hydrogen (secondary N) is 1. The third kappa shape index (κ3) is 2.53. The van der Waals surface area contributed by atoms with Crippen molar-refractivity contribution in [1.29, 1.82) is 5.41 Å². The minimum Gasteiger partial charge on any atom is -0.497 e. The van der Waals surface area contributed by atoms with E-state index in [1.54, 1.807) is 7.11 Å². The second kappa shape index (κ2) is 4.71. The molecular formula is C12H15NOS. The molecule has 0 amide bonds. The Hall–Kier alpha value is -0.960. The van der Waals surface area contributed by atoms with Gasteiger partial charge in [0, 0.05) is 16.4 Å². The van der Waals surface area contributed by atoms with E-state index in [9.17, 15) is 0 Å². The lowest BCUT2D eigenvalue weighted by atomic mass is 10.1. The molecule has 2 rings (SSSR count). The maximum atomic E-state index is 7.72. The molecule has 0 spiro atoms. The standard InChI is InChI=1S/C12H15NOS/c1-14-11-4-5-12-9(8-11)2-3-10(13)6-7-15-12/h4-5,8,13H,2-3,6-7H2,1H3. The molecule has 0 fully saturated rings. The number of hydrogen-bond donors (Lipinski definition) is 1. The average molecular weight is 221 g/mol. The summed E-state index contributed by atoms with van der Waals surface area (Å²) in [6.07, 6.45) is 2.79. The van der Waals surface area contributed by atoms with Gasteiger partial charge in [0.2, 0.25) is 0 Å². The molecule has 1 aliphatic rings. The van der Waals surface area contributed by atoms with Gasteiger partial charge in [-0.15, -0.1) is 11.8 Å². The van der Waals surface area contributed by atoms with E-state index in [1.165, 1.54) is 10.5 Å². The van der Waals surface area contributed by atoms with E-state index in [0.29, 0.717) is 0 Å². The summed E-state index contributed by atoms with van der Waals surface area (Å²) in [7, 11) is 1.69. The molecule has 1 N–H and O–H groups in total. The number of thioether (sulfide) groups is 1. The van der Waals surface area contributed by atoms with Crippen molar-refractivity contribution in [2.45, 2.75) is 24.2 Å². The highest BCUT2D eigenvalue weighted by molar-refractivity contribution is 7.99. The fourth-order valence-electron chi connectivity index (χ4n) is 1.71. The fraction of sp³-hybridized carbons (Fsp3) is 0.417. The number of aryl methyl sites for hydroxylation is 1. The van der Waals surface area contributed by atoms with Gasteiger partial charge in [-0.2, -0.15) is 0 Å². The van der Waals surface area contributed by atoms with Crippen LogP contribution in [0.2, 0.25) is 0 Å². The van der Waals surface area contributed by atoms with Gasteiger partial charge in [-0.25, -0.2) is 0 Å². The van der Waals surface area contributed by atoms with Crippen LogP contribution in [0.3, 0.4) is 0 Å². The van der Waals surface area contributed by atoms with Crippen LogP contribution < -0.4 is 4.74 Å². The molecule has 2 nitrogen and oxygen atoms in total. The Kier molecular flexibility index (Phi) is 3.31. The molecule has 0 saturated heterocycles. The second-order valence-corrected chi connectivity index (χ2v) is 4.81. The maximum absolute atomic E-state index is 7.72. The van der Waals surface area contributed by atoms with Crippen LogP contribution in [0.1, 0.15) is 18.4 Å². The molecule has 0 unspecified atom stereocenters. The van der Waals surface area contributed by atoms with Gasteiger partial charge in [-0.3, -0.25) is 0 Å². The van der Waals surface area contributed by atoms with Crippen LogP contribution in [-0.2, 0) is 6.42 Å². The van der Waals surface area contributed by atoms with E-state index in [0.717, 1.165) is 36.5 Å². The van der Waals surface area contributed by atoms with Crippen LogP contribution in [0.15, 0.2) is 23.1 Å². The number of fused-ring (bicyclic) bond motifs is 1. The van der Waals surface area contributed by atoms with Crippen molar-refractivity contribution >= 4 is 17.5 Å². The Labute approximate surface area is 94.5 Å². The van der Waals surface area contributed by atoms with Crippen LogP contribution in [-0.4, -0.2) is 18.6 Å². The van der Waals surface area contributed by atoms with E-state index in [-0.39, 0.29) is 0 Å². The lowest BCUT2D eigenvalue weighted by Crippen LogP contribution is -2.05. The van der Waals surface area contributed by atoms with Gasteiger partial charge >= 0.3 is 0 Å². The molecule has 0 aliphatic carbocycles. The third-order valence-electron chi connectivity index (χ3n) is 2.63. The van der Waals surface area contributed by atoms with E-state index in [1.807, 2.05) is 17.8 Å². The molecule has 1 aromatic rings. The third-order valence-corrected chi connectivity index (χ3v) is 3.74. The van der Waals surface area contributed by atoms with Gasteiger partial charge < -0.3 is 10.1 Å². The first-order valence-electron chi connectivity index (χ1n) is 5.15. The average Bonchev–Trinajstić information content (AvgIpc) is 2.24. The number of rotatable bonds is 1. The summed E-state index contributed by atoms with van der Waals surface area (Å²) in [5.41, 5.74) is 2.19. The monoisotopic (exact) mass is 221 g/mol. The predicted octanol–water partition coefficient (Wildman–Crippen LogP) is 3.14. The summed E-state index contributed by atoms with van der Waals surface area (Å²) in [5.74, 6) is 1.94. The zero-order chi connectivity index (χ0) is 10.7. The van der Waals surface area contributed by atoms with Gasteiger partial charge in [0.25, 0.3) is 0 Å². The summed E-state index contributed by atoms with van der Waals surface area (Å²) in [6.45, 7) is 0. The fourth-order valence-corrected chi connectivity index (χ4v) is 2.79. The van der Waals surface area contributed by atoms with E-state index in [4.69, 9.17) is 10.1 Å². The minimum atomic E-state index is 0.871. The number of hydrogen-bond acceptors (Lipinski definition) is 3. The first-order chi connectivity index (χ1) is 7.29.